The first-order valence-electron chi connectivity index (χ1n) is 4.85. The Hall–Kier alpha value is -0.870. The van der Waals surface area contributed by atoms with Gasteiger partial charge in [0.15, 0.2) is 0 Å². The fraction of sp³-hybridized carbons (Fsp3) is 0.273. The van der Waals surface area contributed by atoms with Gasteiger partial charge in [0.25, 0.3) is 0 Å². The Kier molecular flexibility index (Phi) is 3.30. The van der Waals surface area contributed by atoms with Gasteiger partial charge in [-0.05, 0) is 41.9 Å². The Balaban J connectivity index is 2.55. The van der Waals surface area contributed by atoms with Crippen LogP contribution in [0.15, 0.2) is 22.8 Å². The van der Waals surface area contributed by atoms with Gasteiger partial charge >= 0.3 is 0 Å². The van der Waals surface area contributed by atoms with Crippen molar-refractivity contribution in [3.05, 3.63) is 27.8 Å². The van der Waals surface area contributed by atoms with Crippen molar-refractivity contribution in [2.75, 3.05) is 0 Å². The molecule has 84 valence electrons. The Morgan fingerprint density at radius 2 is 2.12 bits per heavy atom. The molecule has 0 aliphatic carbocycles. The Morgan fingerprint density at radius 3 is 2.81 bits per heavy atom. The molecular formula is C11H10BrClN2O. The molecule has 0 aliphatic rings. The highest BCUT2D eigenvalue weighted by molar-refractivity contribution is 9.10. The summed E-state index contributed by atoms with van der Waals surface area (Å²) in [5, 5.41) is 0.555. The molecule has 0 saturated carbocycles. The van der Waals surface area contributed by atoms with Crippen molar-refractivity contribution in [3.8, 4) is 5.88 Å². The summed E-state index contributed by atoms with van der Waals surface area (Å²) in [5.41, 5.74) is 1.40. The number of rotatable bonds is 2. The van der Waals surface area contributed by atoms with E-state index in [9.17, 15) is 0 Å². The van der Waals surface area contributed by atoms with Gasteiger partial charge in [-0.1, -0.05) is 11.6 Å². The third kappa shape index (κ3) is 2.28. The number of halogens is 2. The summed E-state index contributed by atoms with van der Waals surface area (Å²) >= 11 is 9.48. The van der Waals surface area contributed by atoms with Crippen molar-refractivity contribution < 1.29 is 4.74 Å². The summed E-state index contributed by atoms with van der Waals surface area (Å²) in [6.45, 7) is 3.88. The molecule has 0 amide bonds. The zero-order valence-corrected chi connectivity index (χ0v) is 11.2. The van der Waals surface area contributed by atoms with E-state index in [1.54, 1.807) is 6.20 Å². The van der Waals surface area contributed by atoms with Crippen LogP contribution in [-0.2, 0) is 0 Å². The molecule has 1 heterocycles. The predicted octanol–water partition coefficient (Wildman–Crippen LogP) is 3.83. The van der Waals surface area contributed by atoms with E-state index < -0.39 is 0 Å². The molecule has 1 aromatic heterocycles. The summed E-state index contributed by atoms with van der Waals surface area (Å²) in [5.74, 6) is 0.488. The molecule has 0 unspecified atom stereocenters. The first-order chi connectivity index (χ1) is 7.58. The maximum atomic E-state index is 6.13. The van der Waals surface area contributed by atoms with Crippen LogP contribution in [0, 0.1) is 0 Å². The van der Waals surface area contributed by atoms with Gasteiger partial charge in [-0.3, -0.25) is 0 Å². The maximum Gasteiger partial charge on any atom is 0.233 e. The van der Waals surface area contributed by atoms with E-state index in [0.29, 0.717) is 16.4 Å². The minimum Gasteiger partial charge on any atom is -0.474 e. The van der Waals surface area contributed by atoms with E-state index in [0.717, 1.165) is 9.99 Å². The summed E-state index contributed by atoms with van der Waals surface area (Å²) in [6, 6.07) is 3.71. The van der Waals surface area contributed by atoms with E-state index in [4.69, 9.17) is 16.3 Å². The maximum absolute atomic E-state index is 6.13. The third-order valence-corrected chi connectivity index (χ3v) is 3.21. The number of nitrogens with zero attached hydrogens (tertiary/aromatic N) is 2. The standard InChI is InChI=1S/C11H10BrClN2O/c1-6(2)16-9-5-14-8-4-3-7(12)10(13)11(8)15-9/h3-6H,1-2H3. The number of aromatic nitrogens is 2. The second-order valence-electron chi connectivity index (χ2n) is 3.60. The van der Waals surface area contributed by atoms with Crippen LogP contribution in [0.4, 0.5) is 0 Å². The molecule has 0 saturated heterocycles. The topological polar surface area (TPSA) is 35.0 Å². The first-order valence-corrected chi connectivity index (χ1v) is 6.02. The molecule has 5 heteroatoms. The van der Waals surface area contributed by atoms with Crippen molar-refractivity contribution >= 4 is 38.6 Å². The van der Waals surface area contributed by atoms with Crippen LogP contribution in [0.1, 0.15) is 13.8 Å². The van der Waals surface area contributed by atoms with Crippen molar-refractivity contribution in [3.63, 3.8) is 0 Å². The van der Waals surface area contributed by atoms with Crippen LogP contribution in [0.3, 0.4) is 0 Å². The van der Waals surface area contributed by atoms with Crippen LogP contribution >= 0.6 is 27.5 Å². The van der Waals surface area contributed by atoms with E-state index >= 15 is 0 Å². The number of fused-ring (bicyclic) bond motifs is 1. The van der Waals surface area contributed by atoms with Gasteiger partial charge in [-0.2, -0.15) is 0 Å². The van der Waals surface area contributed by atoms with E-state index in [1.165, 1.54) is 0 Å². The van der Waals surface area contributed by atoms with Gasteiger partial charge in [0.05, 0.1) is 22.8 Å². The average molecular weight is 302 g/mol. The fourth-order valence-electron chi connectivity index (χ4n) is 1.30. The quantitative estimate of drug-likeness (QED) is 0.845. The van der Waals surface area contributed by atoms with Gasteiger partial charge in [0.1, 0.15) is 5.52 Å². The molecule has 0 radical (unpaired) electrons. The molecule has 2 rings (SSSR count). The molecule has 0 spiro atoms. The second-order valence-corrected chi connectivity index (χ2v) is 4.84. The van der Waals surface area contributed by atoms with E-state index in [1.807, 2.05) is 26.0 Å². The second kappa shape index (κ2) is 4.55. The van der Waals surface area contributed by atoms with Gasteiger partial charge in [0, 0.05) is 4.47 Å². The van der Waals surface area contributed by atoms with E-state index in [2.05, 4.69) is 25.9 Å². The lowest BCUT2D eigenvalue weighted by Gasteiger charge is -2.09. The highest BCUT2D eigenvalue weighted by Crippen LogP contribution is 2.29. The lowest BCUT2D eigenvalue weighted by Crippen LogP contribution is -2.07. The third-order valence-electron chi connectivity index (χ3n) is 1.94. The lowest BCUT2D eigenvalue weighted by atomic mass is 10.3. The highest BCUT2D eigenvalue weighted by Gasteiger charge is 2.08. The molecule has 0 aliphatic heterocycles. The molecule has 0 N–H and O–H groups in total. The predicted molar refractivity (Wildman–Crippen MR) is 68.0 cm³/mol. The molecule has 3 nitrogen and oxygen atoms in total. The number of hydrogen-bond acceptors (Lipinski definition) is 3. The highest BCUT2D eigenvalue weighted by atomic mass is 79.9. The summed E-state index contributed by atoms with van der Waals surface area (Å²) < 4.78 is 6.27. The van der Waals surface area contributed by atoms with Crippen LogP contribution in [0.25, 0.3) is 11.0 Å². The number of benzene rings is 1. The minimum absolute atomic E-state index is 0.0673. The SMILES string of the molecule is CC(C)Oc1cnc2ccc(Br)c(Cl)c2n1. The monoisotopic (exact) mass is 300 g/mol. The van der Waals surface area contributed by atoms with Crippen molar-refractivity contribution in [2.45, 2.75) is 20.0 Å². The van der Waals surface area contributed by atoms with Crippen molar-refractivity contribution in [2.24, 2.45) is 0 Å². The van der Waals surface area contributed by atoms with Gasteiger partial charge in [-0.25, -0.2) is 9.97 Å². The Morgan fingerprint density at radius 1 is 1.38 bits per heavy atom. The Bertz CT molecular complexity index is 531. The van der Waals surface area contributed by atoms with Gasteiger partial charge < -0.3 is 4.74 Å². The average Bonchev–Trinajstić information content (AvgIpc) is 2.23. The number of ether oxygens (including phenoxy) is 1. The summed E-state index contributed by atoms with van der Waals surface area (Å²) in [7, 11) is 0. The molecule has 0 fully saturated rings. The largest absolute Gasteiger partial charge is 0.474 e. The van der Waals surface area contributed by atoms with Crippen LogP contribution < -0.4 is 4.74 Å². The smallest absolute Gasteiger partial charge is 0.233 e. The molecule has 0 atom stereocenters. The summed E-state index contributed by atoms with van der Waals surface area (Å²) in [4.78, 5) is 8.57. The summed E-state index contributed by atoms with van der Waals surface area (Å²) in [6.07, 6.45) is 1.67. The van der Waals surface area contributed by atoms with Crippen LogP contribution in [0.5, 0.6) is 5.88 Å². The molecule has 2 aromatic rings. The minimum atomic E-state index is 0.0673. The Labute approximate surface area is 107 Å². The van der Waals surface area contributed by atoms with Crippen LogP contribution in [0.2, 0.25) is 5.02 Å². The van der Waals surface area contributed by atoms with Gasteiger partial charge in [0.2, 0.25) is 5.88 Å². The van der Waals surface area contributed by atoms with E-state index in [-0.39, 0.29) is 6.10 Å². The van der Waals surface area contributed by atoms with Crippen LogP contribution in [-0.4, -0.2) is 16.1 Å². The molecule has 16 heavy (non-hydrogen) atoms. The first kappa shape index (κ1) is 11.6. The van der Waals surface area contributed by atoms with Crippen molar-refractivity contribution in [1.29, 1.82) is 0 Å². The fourth-order valence-corrected chi connectivity index (χ4v) is 1.82. The van der Waals surface area contributed by atoms with Gasteiger partial charge in [-0.15, -0.1) is 0 Å². The zero-order valence-electron chi connectivity index (χ0n) is 8.87. The molecule has 1 aromatic carbocycles. The molecular weight excluding hydrogens is 291 g/mol. The lowest BCUT2D eigenvalue weighted by molar-refractivity contribution is 0.232. The molecule has 0 bridgehead atoms. The number of hydrogen-bond donors (Lipinski definition) is 0. The van der Waals surface area contributed by atoms with Crippen molar-refractivity contribution in [1.82, 2.24) is 9.97 Å². The normalized spacial score (nSPS) is 11.1. The zero-order chi connectivity index (χ0) is 11.7.